The molecular weight excluding hydrogens is 404 g/mol. The van der Waals surface area contributed by atoms with Crippen molar-refractivity contribution in [1.82, 2.24) is 9.88 Å². The van der Waals surface area contributed by atoms with E-state index in [2.05, 4.69) is 59.3 Å². The molecule has 160 valence electrons. The van der Waals surface area contributed by atoms with Gasteiger partial charge in [0.15, 0.2) is 9.84 Å². The van der Waals surface area contributed by atoms with Crippen molar-refractivity contribution in [2.24, 2.45) is 0 Å². The van der Waals surface area contributed by atoms with Crippen molar-refractivity contribution in [2.45, 2.75) is 38.8 Å². The second-order valence-corrected chi connectivity index (χ2v) is 11.1. The third-order valence-corrected chi connectivity index (χ3v) is 8.51. The van der Waals surface area contributed by atoms with E-state index in [0.717, 1.165) is 38.0 Å². The van der Waals surface area contributed by atoms with Crippen LogP contribution in [-0.4, -0.2) is 42.4 Å². The lowest BCUT2D eigenvalue weighted by atomic mass is 9.89. The molecule has 5 heteroatoms. The van der Waals surface area contributed by atoms with Crippen LogP contribution in [0.15, 0.2) is 60.8 Å². The SMILES string of the molecule is Cc1ccc(Cc2cccc3c2CCN(C2CCS(=O)(=O)C2)C3)cc1-c1ccccn1. The summed E-state index contributed by atoms with van der Waals surface area (Å²) in [4.78, 5) is 6.91. The van der Waals surface area contributed by atoms with Crippen molar-refractivity contribution in [2.75, 3.05) is 18.1 Å². The second kappa shape index (κ2) is 8.21. The molecule has 0 aliphatic carbocycles. The third-order valence-electron chi connectivity index (χ3n) is 6.75. The molecule has 4 nitrogen and oxygen atoms in total. The lowest BCUT2D eigenvalue weighted by molar-refractivity contribution is 0.194. The van der Waals surface area contributed by atoms with Gasteiger partial charge < -0.3 is 0 Å². The number of pyridine rings is 1. The van der Waals surface area contributed by atoms with Crippen molar-refractivity contribution in [3.8, 4) is 11.3 Å². The molecule has 31 heavy (non-hydrogen) atoms. The van der Waals surface area contributed by atoms with Crippen molar-refractivity contribution < 1.29 is 8.42 Å². The molecule has 0 radical (unpaired) electrons. The summed E-state index contributed by atoms with van der Waals surface area (Å²) in [6, 6.07) is 19.5. The first-order valence-corrected chi connectivity index (χ1v) is 12.9. The van der Waals surface area contributed by atoms with E-state index in [1.807, 2.05) is 18.3 Å². The minimum Gasteiger partial charge on any atom is -0.295 e. The average Bonchev–Trinajstić information content (AvgIpc) is 3.15. The summed E-state index contributed by atoms with van der Waals surface area (Å²) in [5, 5.41) is 0. The van der Waals surface area contributed by atoms with Crippen LogP contribution in [-0.2, 0) is 29.2 Å². The Kier molecular flexibility index (Phi) is 5.40. The lowest BCUT2D eigenvalue weighted by Crippen LogP contribution is -2.40. The summed E-state index contributed by atoms with van der Waals surface area (Å²) in [6.45, 7) is 3.93. The van der Waals surface area contributed by atoms with E-state index in [0.29, 0.717) is 11.5 Å². The number of aryl methyl sites for hydroxylation is 1. The summed E-state index contributed by atoms with van der Waals surface area (Å²) >= 11 is 0. The maximum absolute atomic E-state index is 11.9. The van der Waals surface area contributed by atoms with E-state index in [1.165, 1.54) is 33.4 Å². The first kappa shape index (κ1) is 20.4. The Morgan fingerprint density at radius 2 is 2.00 bits per heavy atom. The van der Waals surface area contributed by atoms with Gasteiger partial charge in [0.1, 0.15) is 0 Å². The molecule has 3 heterocycles. The molecule has 1 aromatic heterocycles. The van der Waals surface area contributed by atoms with E-state index in [1.54, 1.807) is 0 Å². The highest BCUT2D eigenvalue weighted by Crippen LogP contribution is 2.30. The van der Waals surface area contributed by atoms with E-state index in [4.69, 9.17) is 0 Å². The molecule has 1 unspecified atom stereocenters. The zero-order chi connectivity index (χ0) is 21.4. The largest absolute Gasteiger partial charge is 0.295 e. The third kappa shape index (κ3) is 4.30. The summed E-state index contributed by atoms with van der Waals surface area (Å²) < 4.78 is 23.8. The van der Waals surface area contributed by atoms with Crippen molar-refractivity contribution >= 4 is 9.84 Å². The minimum atomic E-state index is -2.85. The summed E-state index contributed by atoms with van der Waals surface area (Å²) in [5.74, 6) is 0.661. The van der Waals surface area contributed by atoms with Crippen LogP contribution in [0.25, 0.3) is 11.3 Å². The first-order chi connectivity index (χ1) is 15.0. The molecule has 1 saturated heterocycles. The number of sulfone groups is 1. The fraction of sp³-hybridized carbons (Fsp3) is 0.346. The lowest BCUT2D eigenvalue weighted by Gasteiger charge is -2.34. The molecule has 2 aliphatic rings. The highest BCUT2D eigenvalue weighted by atomic mass is 32.2. The molecule has 0 N–H and O–H groups in total. The molecule has 5 rings (SSSR count). The summed E-state index contributed by atoms with van der Waals surface area (Å²) in [7, 11) is -2.85. The highest BCUT2D eigenvalue weighted by Gasteiger charge is 2.33. The van der Waals surface area contributed by atoms with Crippen LogP contribution in [0.2, 0.25) is 0 Å². The maximum atomic E-state index is 11.9. The molecular formula is C26H28N2O2S. The van der Waals surface area contributed by atoms with Crippen molar-refractivity contribution in [3.63, 3.8) is 0 Å². The number of hydrogen-bond donors (Lipinski definition) is 0. The Labute approximate surface area is 184 Å². The molecule has 3 aromatic rings. The Morgan fingerprint density at radius 3 is 2.77 bits per heavy atom. The van der Waals surface area contributed by atoms with Gasteiger partial charge >= 0.3 is 0 Å². The number of fused-ring (bicyclic) bond motifs is 1. The van der Waals surface area contributed by atoms with Gasteiger partial charge in [-0.2, -0.15) is 0 Å². The van der Waals surface area contributed by atoms with Gasteiger partial charge in [-0.15, -0.1) is 0 Å². The molecule has 0 spiro atoms. The van der Waals surface area contributed by atoms with Crippen LogP contribution in [0.5, 0.6) is 0 Å². The van der Waals surface area contributed by atoms with Crippen LogP contribution in [0.3, 0.4) is 0 Å². The van der Waals surface area contributed by atoms with Crippen molar-refractivity contribution in [3.05, 3.63) is 88.6 Å². The molecule has 1 atom stereocenters. The monoisotopic (exact) mass is 432 g/mol. The van der Waals surface area contributed by atoms with Crippen molar-refractivity contribution in [1.29, 1.82) is 0 Å². The standard InChI is InChI=1S/C26H28N2O2S/c1-19-8-9-20(16-25(19)26-7-2-3-12-27-26)15-21-5-4-6-22-17-28(13-10-24(21)22)23-11-14-31(29,30)18-23/h2-9,12,16,23H,10-11,13-15,17-18H2,1H3. The number of benzene rings is 2. The summed E-state index contributed by atoms with van der Waals surface area (Å²) in [6.07, 6.45) is 4.51. The van der Waals surface area contributed by atoms with Gasteiger partial charge in [0.05, 0.1) is 17.2 Å². The zero-order valence-corrected chi connectivity index (χ0v) is 18.7. The highest BCUT2D eigenvalue weighted by molar-refractivity contribution is 7.91. The molecule has 0 amide bonds. The van der Waals surface area contributed by atoms with Gasteiger partial charge in [-0.05, 0) is 72.2 Å². The fourth-order valence-corrected chi connectivity index (χ4v) is 6.81. The van der Waals surface area contributed by atoms with Gasteiger partial charge in [-0.3, -0.25) is 9.88 Å². The average molecular weight is 433 g/mol. The first-order valence-electron chi connectivity index (χ1n) is 11.0. The molecule has 1 fully saturated rings. The van der Waals surface area contributed by atoms with E-state index in [-0.39, 0.29) is 6.04 Å². The van der Waals surface area contributed by atoms with Gasteiger partial charge in [0.25, 0.3) is 0 Å². The van der Waals surface area contributed by atoms with Crippen LogP contribution in [0.1, 0.15) is 34.2 Å². The Morgan fingerprint density at radius 1 is 1.10 bits per heavy atom. The molecule has 0 saturated carbocycles. The van der Waals surface area contributed by atoms with Gasteiger partial charge in [-0.1, -0.05) is 36.4 Å². The molecule has 2 aromatic carbocycles. The summed E-state index contributed by atoms with van der Waals surface area (Å²) in [5.41, 5.74) is 8.91. The minimum absolute atomic E-state index is 0.180. The van der Waals surface area contributed by atoms with Gasteiger partial charge in [-0.25, -0.2) is 8.42 Å². The Bertz CT molecular complexity index is 1210. The van der Waals surface area contributed by atoms with Crippen LogP contribution < -0.4 is 0 Å². The van der Waals surface area contributed by atoms with Crippen LogP contribution >= 0.6 is 0 Å². The van der Waals surface area contributed by atoms with Crippen LogP contribution in [0.4, 0.5) is 0 Å². The van der Waals surface area contributed by atoms with Crippen LogP contribution in [0, 0.1) is 6.92 Å². The predicted molar refractivity (Wildman–Crippen MR) is 125 cm³/mol. The zero-order valence-electron chi connectivity index (χ0n) is 17.9. The normalized spacial score (nSPS) is 20.5. The smallest absolute Gasteiger partial charge is 0.151 e. The number of hydrogen-bond acceptors (Lipinski definition) is 4. The van der Waals surface area contributed by atoms with E-state index in [9.17, 15) is 8.42 Å². The Balaban J connectivity index is 1.38. The fourth-order valence-electron chi connectivity index (χ4n) is 5.05. The van der Waals surface area contributed by atoms with Gasteiger partial charge in [0.2, 0.25) is 0 Å². The second-order valence-electron chi connectivity index (χ2n) is 8.87. The maximum Gasteiger partial charge on any atom is 0.151 e. The molecule has 0 bridgehead atoms. The predicted octanol–water partition coefficient (Wildman–Crippen LogP) is 4.19. The topological polar surface area (TPSA) is 50.3 Å². The Hall–Kier alpha value is -2.50. The van der Waals surface area contributed by atoms with E-state index < -0.39 is 9.84 Å². The quantitative estimate of drug-likeness (QED) is 0.620. The number of aromatic nitrogens is 1. The van der Waals surface area contributed by atoms with E-state index >= 15 is 0 Å². The van der Waals surface area contributed by atoms with Gasteiger partial charge in [0, 0.05) is 30.9 Å². The molecule has 2 aliphatic heterocycles. The number of rotatable bonds is 4. The number of nitrogens with zero attached hydrogens (tertiary/aromatic N) is 2.